The molecule has 0 saturated carbocycles. The monoisotopic (exact) mass is 241 g/mol. The molecule has 3 heteroatoms. The van der Waals surface area contributed by atoms with Crippen LogP contribution in [-0.2, 0) is 6.54 Å². The number of aliphatic hydroxyl groups excluding tert-OH is 1. The fraction of sp³-hybridized carbons (Fsp3) is 0.538. The SMILES string of the molecule is CCC(C)C(O)CNCc1cccc(Cl)c1. The highest BCUT2D eigenvalue weighted by atomic mass is 35.5. The summed E-state index contributed by atoms with van der Waals surface area (Å²) >= 11 is 5.88. The van der Waals surface area contributed by atoms with Crippen molar-refractivity contribution >= 4 is 11.6 Å². The first-order valence-corrected chi connectivity index (χ1v) is 6.14. The summed E-state index contributed by atoms with van der Waals surface area (Å²) in [6.07, 6.45) is 0.726. The zero-order chi connectivity index (χ0) is 12.0. The molecule has 0 aliphatic heterocycles. The van der Waals surface area contributed by atoms with E-state index in [0.717, 1.165) is 23.6 Å². The van der Waals surface area contributed by atoms with Crippen LogP contribution in [0.3, 0.4) is 0 Å². The third kappa shape index (κ3) is 4.52. The molecule has 0 fully saturated rings. The second-order valence-corrected chi connectivity index (χ2v) is 4.65. The fourth-order valence-electron chi connectivity index (χ4n) is 1.48. The predicted molar refractivity (Wildman–Crippen MR) is 68.6 cm³/mol. The van der Waals surface area contributed by atoms with E-state index < -0.39 is 0 Å². The maximum absolute atomic E-state index is 9.76. The van der Waals surface area contributed by atoms with Crippen LogP contribution in [0.15, 0.2) is 24.3 Å². The van der Waals surface area contributed by atoms with Gasteiger partial charge in [-0.05, 0) is 23.6 Å². The van der Waals surface area contributed by atoms with E-state index >= 15 is 0 Å². The maximum atomic E-state index is 9.76. The minimum Gasteiger partial charge on any atom is -0.392 e. The van der Waals surface area contributed by atoms with Crippen molar-refractivity contribution in [1.82, 2.24) is 5.32 Å². The normalized spacial score (nSPS) is 14.8. The Morgan fingerprint density at radius 3 is 2.81 bits per heavy atom. The number of benzene rings is 1. The average Bonchev–Trinajstić information content (AvgIpc) is 2.28. The Hall–Kier alpha value is -0.570. The second kappa shape index (κ2) is 6.89. The molecule has 1 rings (SSSR count). The molecule has 2 atom stereocenters. The average molecular weight is 242 g/mol. The van der Waals surface area contributed by atoms with Crippen molar-refractivity contribution in [2.75, 3.05) is 6.54 Å². The fourth-order valence-corrected chi connectivity index (χ4v) is 1.70. The highest BCUT2D eigenvalue weighted by Gasteiger charge is 2.10. The Kier molecular flexibility index (Phi) is 5.81. The quantitative estimate of drug-likeness (QED) is 0.803. The van der Waals surface area contributed by atoms with E-state index in [1.165, 1.54) is 0 Å². The summed E-state index contributed by atoms with van der Waals surface area (Å²) in [6, 6.07) is 7.75. The molecule has 0 aromatic heterocycles. The maximum Gasteiger partial charge on any atom is 0.0690 e. The Morgan fingerprint density at radius 2 is 2.19 bits per heavy atom. The molecule has 1 aromatic rings. The smallest absolute Gasteiger partial charge is 0.0690 e. The van der Waals surface area contributed by atoms with Gasteiger partial charge < -0.3 is 10.4 Å². The predicted octanol–water partition coefficient (Wildman–Crippen LogP) is 2.84. The van der Waals surface area contributed by atoms with Crippen LogP contribution >= 0.6 is 11.6 Å². The summed E-state index contributed by atoms with van der Waals surface area (Å²) in [5.74, 6) is 0.340. The summed E-state index contributed by atoms with van der Waals surface area (Å²) in [5.41, 5.74) is 1.14. The molecular formula is C13H20ClNO. The van der Waals surface area contributed by atoms with Gasteiger partial charge in [0, 0.05) is 18.1 Å². The Labute approximate surface area is 103 Å². The first kappa shape index (κ1) is 13.5. The molecule has 1 aromatic carbocycles. The standard InChI is InChI=1S/C13H20ClNO/c1-3-10(2)13(16)9-15-8-11-5-4-6-12(14)7-11/h4-7,10,13,15-16H,3,8-9H2,1-2H3. The zero-order valence-electron chi connectivity index (χ0n) is 9.91. The second-order valence-electron chi connectivity index (χ2n) is 4.21. The van der Waals surface area contributed by atoms with Gasteiger partial charge in [-0.15, -0.1) is 0 Å². The molecule has 0 heterocycles. The number of halogens is 1. The lowest BCUT2D eigenvalue weighted by Crippen LogP contribution is -2.31. The van der Waals surface area contributed by atoms with Gasteiger partial charge in [0.15, 0.2) is 0 Å². The number of hydrogen-bond donors (Lipinski definition) is 2. The summed E-state index contributed by atoms with van der Waals surface area (Å²) in [4.78, 5) is 0. The molecule has 0 spiro atoms. The highest BCUT2D eigenvalue weighted by molar-refractivity contribution is 6.30. The summed E-state index contributed by atoms with van der Waals surface area (Å²) in [7, 11) is 0. The lowest BCUT2D eigenvalue weighted by atomic mass is 10.0. The Balaban J connectivity index is 2.30. The van der Waals surface area contributed by atoms with Crippen LogP contribution < -0.4 is 5.32 Å². The molecule has 16 heavy (non-hydrogen) atoms. The van der Waals surface area contributed by atoms with Crippen LogP contribution in [-0.4, -0.2) is 17.8 Å². The van der Waals surface area contributed by atoms with E-state index in [9.17, 15) is 5.11 Å². The van der Waals surface area contributed by atoms with Gasteiger partial charge in [0.1, 0.15) is 0 Å². The van der Waals surface area contributed by atoms with Crippen LogP contribution in [0.2, 0.25) is 5.02 Å². The molecule has 0 amide bonds. The van der Waals surface area contributed by atoms with Gasteiger partial charge in [-0.1, -0.05) is 44.0 Å². The lowest BCUT2D eigenvalue weighted by Gasteiger charge is -2.17. The highest BCUT2D eigenvalue weighted by Crippen LogP contribution is 2.10. The number of hydrogen-bond acceptors (Lipinski definition) is 2. The van der Waals surface area contributed by atoms with Crippen molar-refractivity contribution in [3.05, 3.63) is 34.9 Å². The molecule has 0 saturated heterocycles. The third-order valence-corrected chi connectivity index (χ3v) is 3.11. The Bertz CT molecular complexity index is 317. The number of aliphatic hydroxyl groups is 1. The minimum absolute atomic E-state index is 0.274. The van der Waals surface area contributed by atoms with Gasteiger partial charge in [0.2, 0.25) is 0 Å². The molecule has 0 radical (unpaired) electrons. The molecular weight excluding hydrogens is 222 g/mol. The van der Waals surface area contributed by atoms with Gasteiger partial charge >= 0.3 is 0 Å². The van der Waals surface area contributed by atoms with Crippen molar-refractivity contribution in [2.24, 2.45) is 5.92 Å². The van der Waals surface area contributed by atoms with Crippen LogP contribution in [0, 0.1) is 5.92 Å². The third-order valence-electron chi connectivity index (χ3n) is 2.87. The van der Waals surface area contributed by atoms with E-state index in [1.54, 1.807) is 0 Å². The Morgan fingerprint density at radius 1 is 1.44 bits per heavy atom. The summed E-state index contributed by atoms with van der Waals surface area (Å²) < 4.78 is 0. The van der Waals surface area contributed by atoms with Gasteiger partial charge in [0.25, 0.3) is 0 Å². The number of nitrogens with one attached hydrogen (secondary N) is 1. The van der Waals surface area contributed by atoms with Crippen molar-refractivity contribution in [2.45, 2.75) is 32.9 Å². The topological polar surface area (TPSA) is 32.3 Å². The van der Waals surface area contributed by atoms with Gasteiger partial charge in [-0.2, -0.15) is 0 Å². The van der Waals surface area contributed by atoms with Gasteiger partial charge in [0.05, 0.1) is 6.10 Å². The van der Waals surface area contributed by atoms with Crippen molar-refractivity contribution < 1.29 is 5.11 Å². The lowest BCUT2D eigenvalue weighted by molar-refractivity contribution is 0.113. The van der Waals surface area contributed by atoms with Crippen LogP contribution in [0.4, 0.5) is 0 Å². The van der Waals surface area contributed by atoms with Crippen LogP contribution in [0.25, 0.3) is 0 Å². The molecule has 90 valence electrons. The summed E-state index contributed by atoms with van der Waals surface area (Å²) in [5, 5.41) is 13.7. The minimum atomic E-state index is -0.274. The van der Waals surface area contributed by atoms with Crippen LogP contribution in [0.5, 0.6) is 0 Å². The van der Waals surface area contributed by atoms with E-state index in [4.69, 9.17) is 11.6 Å². The van der Waals surface area contributed by atoms with E-state index in [1.807, 2.05) is 24.3 Å². The van der Waals surface area contributed by atoms with Gasteiger partial charge in [-0.25, -0.2) is 0 Å². The van der Waals surface area contributed by atoms with Crippen LogP contribution in [0.1, 0.15) is 25.8 Å². The molecule has 0 aliphatic carbocycles. The number of rotatable bonds is 6. The molecule has 0 bridgehead atoms. The van der Waals surface area contributed by atoms with Crippen molar-refractivity contribution in [3.63, 3.8) is 0 Å². The van der Waals surface area contributed by atoms with Gasteiger partial charge in [-0.3, -0.25) is 0 Å². The molecule has 2 unspecified atom stereocenters. The van der Waals surface area contributed by atoms with E-state index in [0.29, 0.717) is 12.5 Å². The zero-order valence-corrected chi connectivity index (χ0v) is 10.7. The van der Waals surface area contributed by atoms with E-state index in [2.05, 4.69) is 19.2 Å². The first-order valence-electron chi connectivity index (χ1n) is 5.76. The van der Waals surface area contributed by atoms with Crippen molar-refractivity contribution in [1.29, 1.82) is 0 Å². The largest absolute Gasteiger partial charge is 0.392 e. The molecule has 2 N–H and O–H groups in total. The first-order chi connectivity index (χ1) is 7.63. The molecule has 0 aliphatic rings. The molecule has 2 nitrogen and oxygen atoms in total. The van der Waals surface area contributed by atoms with E-state index in [-0.39, 0.29) is 6.10 Å². The van der Waals surface area contributed by atoms with Crippen molar-refractivity contribution in [3.8, 4) is 0 Å². The summed E-state index contributed by atoms with van der Waals surface area (Å²) in [6.45, 7) is 5.52.